The minimum absolute atomic E-state index is 0.0206. The largest absolute Gasteiger partial charge is 0.501 e. The van der Waals surface area contributed by atoms with Gasteiger partial charge in [0.1, 0.15) is 4.90 Å². The Bertz CT molecular complexity index is 2570. The number of ether oxygens (including phenoxy) is 1. The summed E-state index contributed by atoms with van der Waals surface area (Å²) in [7, 11) is -9.00. The van der Waals surface area contributed by atoms with Crippen molar-refractivity contribution in [2.45, 2.75) is 39.2 Å². The zero-order valence-corrected chi connectivity index (χ0v) is 37.5. The van der Waals surface area contributed by atoms with E-state index in [2.05, 4.69) is 25.1 Å². The molecule has 336 valence electrons. The molecule has 1 atom stereocenters. The zero-order chi connectivity index (χ0) is 44.8. The normalized spacial score (nSPS) is 16.2. The Morgan fingerprint density at radius 3 is 2.22 bits per heavy atom. The Morgan fingerprint density at radius 1 is 0.873 bits per heavy atom. The molecule has 1 aromatic heterocycles. The van der Waals surface area contributed by atoms with Crippen molar-refractivity contribution in [3.05, 3.63) is 119 Å². The number of thioether (sulfide) groups is 1. The van der Waals surface area contributed by atoms with Crippen LogP contribution >= 0.6 is 23.4 Å². The number of benzene rings is 4. The molecular formula is C43H47ClF3N7O6S3. The Hall–Kier alpha value is -4.63. The van der Waals surface area contributed by atoms with Gasteiger partial charge in [-0.3, -0.25) is 19.3 Å². The third kappa shape index (κ3) is 11.6. The van der Waals surface area contributed by atoms with Crippen molar-refractivity contribution in [2.24, 2.45) is 7.05 Å². The molecule has 0 saturated carbocycles. The third-order valence-corrected chi connectivity index (χ3v) is 15.2. The number of morpholine rings is 1. The maximum absolute atomic E-state index is 14.1. The molecule has 2 N–H and O–H groups in total. The number of sulfone groups is 1. The summed E-state index contributed by atoms with van der Waals surface area (Å²) in [6.45, 7) is 6.56. The number of anilines is 2. The standard InChI is InChI=1S/C43H47ClF3N7O6S3/c1-51-41(31-7-11-34(44)12-8-31)33(28-48-51)29-53-19-21-54(22-20-53)36-13-9-32(10-14-36)42(55)50-63(58,59)38-15-16-39(40(27-38)62(56,57)43(45,46)47)49-35(17-18-52-23-25-60-26-24-52)30-61-37-5-3-2-4-6-37/h2-16,27-28,35,49H,17-26,29-30H2,1H3,(H,50,55). The van der Waals surface area contributed by atoms with Gasteiger partial charge in [0, 0.05) is 103 Å². The first-order chi connectivity index (χ1) is 30.1. The van der Waals surface area contributed by atoms with Crippen molar-refractivity contribution in [3.63, 3.8) is 0 Å². The van der Waals surface area contributed by atoms with Crippen LogP contribution in [0.15, 0.2) is 118 Å². The van der Waals surface area contributed by atoms with E-state index in [0.717, 1.165) is 52.6 Å². The molecule has 1 unspecified atom stereocenters. The molecule has 7 rings (SSSR count). The number of piperazine rings is 1. The molecule has 13 nitrogen and oxygen atoms in total. The van der Waals surface area contributed by atoms with Gasteiger partial charge in [0.15, 0.2) is 0 Å². The highest BCUT2D eigenvalue weighted by molar-refractivity contribution is 7.99. The average molecular weight is 947 g/mol. The molecule has 0 spiro atoms. The van der Waals surface area contributed by atoms with E-state index in [-0.39, 0.29) is 5.56 Å². The van der Waals surface area contributed by atoms with E-state index in [4.69, 9.17) is 16.3 Å². The second kappa shape index (κ2) is 20.0. The maximum Gasteiger partial charge on any atom is 0.501 e. The van der Waals surface area contributed by atoms with Crippen LogP contribution in [0.1, 0.15) is 22.3 Å². The van der Waals surface area contributed by atoms with Gasteiger partial charge in [-0.2, -0.15) is 18.3 Å². The summed E-state index contributed by atoms with van der Waals surface area (Å²) in [5.74, 6) is -0.674. The molecule has 2 saturated heterocycles. The number of amides is 1. The Kier molecular flexibility index (Phi) is 14.8. The molecule has 0 aliphatic carbocycles. The minimum Gasteiger partial charge on any atom is -0.380 e. The predicted octanol–water partition coefficient (Wildman–Crippen LogP) is 6.77. The number of nitrogens with zero attached hydrogens (tertiary/aromatic N) is 5. The van der Waals surface area contributed by atoms with Crippen molar-refractivity contribution in [3.8, 4) is 11.3 Å². The molecule has 2 aliphatic rings. The van der Waals surface area contributed by atoms with E-state index in [1.54, 1.807) is 12.1 Å². The molecule has 0 bridgehead atoms. The lowest BCUT2D eigenvalue weighted by Crippen LogP contribution is -2.46. The van der Waals surface area contributed by atoms with E-state index in [9.17, 15) is 34.8 Å². The Morgan fingerprint density at radius 2 is 1.56 bits per heavy atom. The van der Waals surface area contributed by atoms with Gasteiger partial charge in [0.2, 0.25) is 0 Å². The van der Waals surface area contributed by atoms with Crippen LogP contribution in [0.2, 0.25) is 5.02 Å². The van der Waals surface area contributed by atoms with Crippen LogP contribution in [-0.2, 0) is 38.2 Å². The average Bonchev–Trinajstić information content (AvgIpc) is 3.64. The molecule has 5 aromatic rings. The summed E-state index contributed by atoms with van der Waals surface area (Å²) in [6.07, 6.45) is 2.31. The van der Waals surface area contributed by atoms with Crippen LogP contribution in [0.4, 0.5) is 24.5 Å². The summed E-state index contributed by atoms with van der Waals surface area (Å²) in [5, 5.41) is 8.11. The maximum atomic E-state index is 14.1. The van der Waals surface area contributed by atoms with Gasteiger partial charge in [-0.25, -0.2) is 21.6 Å². The second-order valence-electron chi connectivity index (χ2n) is 15.2. The second-order valence-corrected chi connectivity index (χ2v) is 20.3. The molecule has 2 fully saturated rings. The van der Waals surface area contributed by atoms with E-state index in [1.807, 2.05) is 77.2 Å². The van der Waals surface area contributed by atoms with Gasteiger partial charge in [0.05, 0.1) is 35.7 Å². The highest BCUT2D eigenvalue weighted by Crippen LogP contribution is 2.37. The summed E-state index contributed by atoms with van der Waals surface area (Å²) in [4.78, 5) is 18.7. The first-order valence-electron chi connectivity index (χ1n) is 20.2. The van der Waals surface area contributed by atoms with Crippen LogP contribution in [0.25, 0.3) is 11.3 Å². The van der Waals surface area contributed by atoms with Crippen LogP contribution in [0.5, 0.6) is 0 Å². The van der Waals surface area contributed by atoms with E-state index < -0.39 is 52.8 Å². The van der Waals surface area contributed by atoms with Crippen LogP contribution in [0.3, 0.4) is 0 Å². The summed E-state index contributed by atoms with van der Waals surface area (Å²) < 4.78 is 105. The fourth-order valence-corrected chi connectivity index (χ4v) is 10.6. The van der Waals surface area contributed by atoms with E-state index in [1.165, 1.54) is 23.9 Å². The smallest absolute Gasteiger partial charge is 0.380 e. The van der Waals surface area contributed by atoms with Gasteiger partial charge in [-0.1, -0.05) is 41.9 Å². The van der Waals surface area contributed by atoms with Crippen LogP contribution < -0.4 is 14.9 Å². The summed E-state index contributed by atoms with van der Waals surface area (Å²) in [5.41, 5.74) is -2.24. The molecule has 20 heteroatoms. The fraction of sp³-hybridized carbons (Fsp3) is 0.349. The van der Waals surface area contributed by atoms with Gasteiger partial charge in [0.25, 0.3) is 25.8 Å². The van der Waals surface area contributed by atoms with Gasteiger partial charge >= 0.3 is 5.51 Å². The number of carbonyl (C=O) groups is 1. The molecule has 0 radical (unpaired) electrons. The molecule has 3 heterocycles. The number of sulfonamides is 1. The molecule has 2 aliphatic heterocycles. The molecular weight excluding hydrogens is 899 g/mol. The highest BCUT2D eigenvalue weighted by atomic mass is 35.5. The molecule has 1 amide bonds. The van der Waals surface area contributed by atoms with Crippen molar-refractivity contribution in [1.29, 1.82) is 0 Å². The number of hydrogen-bond acceptors (Lipinski definition) is 12. The number of rotatable bonds is 16. The number of aryl methyl sites for hydroxylation is 1. The fourth-order valence-electron chi connectivity index (χ4n) is 7.48. The predicted molar refractivity (Wildman–Crippen MR) is 238 cm³/mol. The quantitative estimate of drug-likeness (QED) is 0.101. The van der Waals surface area contributed by atoms with Crippen molar-refractivity contribution < 1.29 is 39.5 Å². The van der Waals surface area contributed by atoms with Crippen molar-refractivity contribution >= 4 is 60.5 Å². The van der Waals surface area contributed by atoms with Crippen LogP contribution in [0, 0.1) is 0 Å². The van der Waals surface area contributed by atoms with Gasteiger partial charge in [-0.05, 0) is 73.2 Å². The number of hydrogen-bond donors (Lipinski definition) is 2. The van der Waals surface area contributed by atoms with Crippen LogP contribution in [-0.4, -0.2) is 119 Å². The summed E-state index contributed by atoms with van der Waals surface area (Å²) >= 11 is 7.55. The Balaban J connectivity index is 1.02. The topological polar surface area (TPSA) is 146 Å². The third-order valence-electron chi connectivity index (χ3n) is 10.9. The number of halogens is 4. The zero-order valence-electron chi connectivity index (χ0n) is 34.3. The highest BCUT2D eigenvalue weighted by Gasteiger charge is 2.48. The lowest BCUT2D eigenvalue weighted by atomic mass is 10.1. The van der Waals surface area contributed by atoms with E-state index in [0.29, 0.717) is 75.7 Å². The number of nitrogens with one attached hydrogen (secondary N) is 2. The molecule has 63 heavy (non-hydrogen) atoms. The van der Waals surface area contributed by atoms with Crippen molar-refractivity contribution in [1.82, 2.24) is 24.3 Å². The minimum atomic E-state index is -6.06. The van der Waals surface area contributed by atoms with Crippen molar-refractivity contribution in [2.75, 3.05) is 75.0 Å². The SMILES string of the molecule is Cn1ncc(CN2CCN(c3ccc(C(=O)NS(=O)(=O)c4ccc(NC(CCN5CCOCC5)CSc5ccccc5)c(S(=O)(=O)C(F)(F)F)c4)cc3)CC2)c1-c1ccc(Cl)cc1. The number of alkyl halides is 3. The number of aromatic nitrogens is 2. The lowest BCUT2D eigenvalue weighted by molar-refractivity contribution is -0.0435. The van der Waals surface area contributed by atoms with Gasteiger partial charge < -0.3 is 15.0 Å². The van der Waals surface area contributed by atoms with E-state index >= 15 is 0 Å². The summed E-state index contributed by atoms with van der Waals surface area (Å²) in [6, 6.07) is 25.2. The number of carbonyl (C=O) groups excluding carboxylic acids is 1. The Labute approximate surface area is 374 Å². The first kappa shape index (κ1) is 46.4. The monoisotopic (exact) mass is 945 g/mol. The van der Waals surface area contributed by atoms with Gasteiger partial charge in [-0.15, -0.1) is 11.8 Å². The first-order valence-corrected chi connectivity index (χ1v) is 24.5. The lowest BCUT2D eigenvalue weighted by Gasteiger charge is -2.36. The molecule has 4 aromatic carbocycles.